The number of piperazine rings is 1. The van der Waals surface area contributed by atoms with E-state index in [1.165, 1.54) is 18.2 Å². The molecule has 0 bridgehead atoms. The van der Waals surface area contributed by atoms with Gasteiger partial charge in [-0.2, -0.15) is 0 Å². The second-order valence-electron chi connectivity index (χ2n) is 6.66. The van der Waals surface area contributed by atoms with Gasteiger partial charge < -0.3 is 9.80 Å². The van der Waals surface area contributed by atoms with Gasteiger partial charge in [-0.3, -0.25) is 9.59 Å². The molecule has 0 unspecified atom stereocenters. The molecule has 142 valence electrons. The molecule has 0 atom stereocenters. The van der Waals surface area contributed by atoms with Gasteiger partial charge >= 0.3 is 0 Å². The van der Waals surface area contributed by atoms with Crippen LogP contribution in [-0.2, 0) is 22.4 Å². The Bertz CT molecular complexity index is 800. The summed E-state index contributed by atoms with van der Waals surface area (Å²) in [6, 6.07) is 12.4. The molecule has 2 aromatic carbocycles. The molecule has 1 heterocycles. The summed E-state index contributed by atoms with van der Waals surface area (Å²) in [4.78, 5) is 28.1. The van der Waals surface area contributed by atoms with Crippen LogP contribution in [0.25, 0.3) is 0 Å². The topological polar surface area (TPSA) is 40.6 Å². The van der Waals surface area contributed by atoms with Crippen molar-refractivity contribution in [3.63, 3.8) is 0 Å². The fourth-order valence-electron chi connectivity index (χ4n) is 3.18. The van der Waals surface area contributed by atoms with Crippen molar-refractivity contribution in [1.29, 1.82) is 0 Å². The molecule has 0 spiro atoms. The van der Waals surface area contributed by atoms with Crippen LogP contribution in [0.15, 0.2) is 48.5 Å². The Morgan fingerprint density at radius 3 is 2.04 bits per heavy atom. The normalized spacial score (nSPS) is 14.3. The number of aryl methyl sites for hydroxylation is 1. The highest BCUT2D eigenvalue weighted by atomic mass is 19.1. The van der Waals surface area contributed by atoms with Gasteiger partial charge in [-0.15, -0.1) is 0 Å². The first kappa shape index (κ1) is 19.0. The van der Waals surface area contributed by atoms with Gasteiger partial charge in [-0.1, -0.05) is 30.3 Å². The monoisotopic (exact) mass is 372 g/mol. The van der Waals surface area contributed by atoms with E-state index in [4.69, 9.17) is 0 Å². The standard InChI is InChI=1S/C21H22F2N2O2/c22-18-8-5-16(6-9-18)7-10-20(26)24-11-13-25(14-12-24)21(27)15-17-3-1-2-4-19(17)23/h1-6,8-9H,7,10-15H2. The number of halogens is 2. The molecule has 0 radical (unpaired) electrons. The summed E-state index contributed by atoms with van der Waals surface area (Å²) in [6.07, 6.45) is 0.950. The van der Waals surface area contributed by atoms with Crippen LogP contribution in [0.3, 0.4) is 0 Å². The first-order chi connectivity index (χ1) is 13.0. The average Bonchev–Trinajstić information content (AvgIpc) is 2.69. The average molecular weight is 372 g/mol. The van der Waals surface area contributed by atoms with Crippen molar-refractivity contribution in [3.8, 4) is 0 Å². The van der Waals surface area contributed by atoms with E-state index in [1.807, 2.05) is 0 Å². The Balaban J connectivity index is 1.45. The number of rotatable bonds is 5. The van der Waals surface area contributed by atoms with Crippen molar-refractivity contribution < 1.29 is 18.4 Å². The van der Waals surface area contributed by atoms with Gasteiger partial charge in [-0.25, -0.2) is 8.78 Å². The zero-order valence-corrected chi connectivity index (χ0v) is 15.0. The summed E-state index contributed by atoms with van der Waals surface area (Å²) >= 11 is 0. The molecule has 1 fully saturated rings. The van der Waals surface area contributed by atoms with Crippen LogP contribution in [0.4, 0.5) is 8.78 Å². The Hall–Kier alpha value is -2.76. The Morgan fingerprint density at radius 2 is 1.41 bits per heavy atom. The second kappa shape index (κ2) is 8.75. The number of amides is 2. The lowest BCUT2D eigenvalue weighted by atomic mass is 10.1. The van der Waals surface area contributed by atoms with Crippen molar-refractivity contribution in [3.05, 3.63) is 71.3 Å². The first-order valence-electron chi connectivity index (χ1n) is 9.06. The lowest BCUT2D eigenvalue weighted by Crippen LogP contribution is -2.51. The summed E-state index contributed by atoms with van der Waals surface area (Å²) in [7, 11) is 0. The van der Waals surface area contributed by atoms with E-state index in [2.05, 4.69) is 0 Å². The lowest BCUT2D eigenvalue weighted by molar-refractivity contribution is -0.139. The van der Waals surface area contributed by atoms with Crippen LogP contribution in [0, 0.1) is 11.6 Å². The van der Waals surface area contributed by atoms with Gasteiger partial charge in [0.15, 0.2) is 0 Å². The lowest BCUT2D eigenvalue weighted by Gasteiger charge is -2.35. The predicted octanol–water partition coefficient (Wildman–Crippen LogP) is 2.81. The summed E-state index contributed by atoms with van der Waals surface area (Å²) in [6.45, 7) is 1.86. The SMILES string of the molecule is O=C(CCc1ccc(F)cc1)N1CCN(C(=O)Cc2ccccc2F)CC1. The number of benzene rings is 2. The van der Waals surface area contributed by atoms with Crippen molar-refractivity contribution in [1.82, 2.24) is 9.80 Å². The Kier molecular flexibility index (Phi) is 6.16. The van der Waals surface area contributed by atoms with Gasteiger partial charge in [-0.05, 0) is 35.7 Å². The molecule has 0 aromatic heterocycles. The van der Waals surface area contributed by atoms with Crippen LogP contribution < -0.4 is 0 Å². The summed E-state index contributed by atoms with van der Waals surface area (Å²) < 4.78 is 26.6. The molecule has 1 saturated heterocycles. The maximum atomic E-state index is 13.7. The second-order valence-corrected chi connectivity index (χ2v) is 6.66. The third-order valence-electron chi connectivity index (χ3n) is 4.83. The summed E-state index contributed by atoms with van der Waals surface area (Å²) in [5.41, 5.74) is 1.31. The van der Waals surface area contributed by atoms with E-state index >= 15 is 0 Å². The zero-order chi connectivity index (χ0) is 19.2. The molecular weight excluding hydrogens is 350 g/mol. The largest absolute Gasteiger partial charge is 0.339 e. The highest BCUT2D eigenvalue weighted by molar-refractivity contribution is 5.80. The van der Waals surface area contributed by atoms with E-state index in [1.54, 1.807) is 40.1 Å². The van der Waals surface area contributed by atoms with Crippen molar-refractivity contribution in [2.75, 3.05) is 26.2 Å². The van der Waals surface area contributed by atoms with Crippen LogP contribution in [0.2, 0.25) is 0 Å². The molecule has 0 aliphatic carbocycles. The Labute approximate surface area is 157 Å². The van der Waals surface area contributed by atoms with Gasteiger partial charge in [0, 0.05) is 32.6 Å². The molecule has 1 aliphatic heterocycles. The van der Waals surface area contributed by atoms with Gasteiger partial charge in [0.05, 0.1) is 6.42 Å². The highest BCUT2D eigenvalue weighted by Gasteiger charge is 2.24. The number of nitrogens with zero attached hydrogens (tertiary/aromatic N) is 2. The van der Waals surface area contributed by atoms with Crippen LogP contribution in [-0.4, -0.2) is 47.8 Å². The molecule has 0 N–H and O–H groups in total. The smallest absolute Gasteiger partial charge is 0.227 e. The van der Waals surface area contributed by atoms with E-state index in [9.17, 15) is 18.4 Å². The van der Waals surface area contributed by atoms with Crippen molar-refractivity contribution >= 4 is 11.8 Å². The van der Waals surface area contributed by atoms with E-state index in [0.29, 0.717) is 44.6 Å². The molecule has 4 nitrogen and oxygen atoms in total. The van der Waals surface area contributed by atoms with Gasteiger partial charge in [0.1, 0.15) is 11.6 Å². The third kappa shape index (κ3) is 5.12. The highest BCUT2D eigenvalue weighted by Crippen LogP contribution is 2.12. The number of hydrogen-bond acceptors (Lipinski definition) is 2. The molecular formula is C21H22F2N2O2. The molecule has 3 rings (SSSR count). The predicted molar refractivity (Wildman–Crippen MR) is 98.0 cm³/mol. The maximum Gasteiger partial charge on any atom is 0.227 e. The third-order valence-corrected chi connectivity index (χ3v) is 4.83. The first-order valence-corrected chi connectivity index (χ1v) is 9.06. The van der Waals surface area contributed by atoms with Crippen molar-refractivity contribution in [2.24, 2.45) is 0 Å². The van der Waals surface area contributed by atoms with E-state index in [0.717, 1.165) is 5.56 Å². The van der Waals surface area contributed by atoms with E-state index in [-0.39, 0.29) is 29.9 Å². The minimum atomic E-state index is -0.375. The molecule has 27 heavy (non-hydrogen) atoms. The molecule has 6 heteroatoms. The molecule has 2 aromatic rings. The van der Waals surface area contributed by atoms with Crippen LogP contribution in [0.1, 0.15) is 17.5 Å². The molecule has 0 saturated carbocycles. The van der Waals surface area contributed by atoms with Crippen LogP contribution >= 0.6 is 0 Å². The van der Waals surface area contributed by atoms with Crippen molar-refractivity contribution in [2.45, 2.75) is 19.3 Å². The van der Waals surface area contributed by atoms with Gasteiger partial charge in [0.2, 0.25) is 11.8 Å². The summed E-state index contributed by atoms with van der Waals surface area (Å²) in [5.74, 6) is -0.763. The minimum absolute atomic E-state index is 0.0283. The summed E-state index contributed by atoms with van der Waals surface area (Å²) in [5, 5.41) is 0. The minimum Gasteiger partial charge on any atom is -0.339 e. The fourth-order valence-corrected chi connectivity index (χ4v) is 3.18. The van der Waals surface area contributed by atoms with E-state index < -0.39 is 0 Å². The van der Waals surface area contributed by atoms with Crippen LogP contribution in [0.5, 0.6) is 0 Å². The quantitative estimate of drug-likeness (QED) is 0.810. The maximum absolute atomic E-state index is 13.7. The Morgan fingerprint density at radius 1 is 0.815 bits per heavy atom. The number of carbonyl (C=O) groups is 2. The number of hydrogen-bond donors (Lipinski definition) is 0. The number of carbonyl (C=O) groups excluding carboxylic acids is 2. The zero-order valence-electron chi connectivity index (χ0n) is 15.0. The molecule has 1 aliphatic rings. The fraction of sp³-hybridized carbons (Fsp3) is 0.333. The molecule has 2 amide bonds. The van der Waals surface area contributed by atoms with Gasteiger partial charge in [0.25, 0.3) is 0 Å².